The Kier molecular flexibility index (Phi) is 8.15. The molecule has 0 saturated carbocycles. The van der Waals surface area contributed by atoms with E-state index in [0.29, 0.717) is 12.7 Å². The van der Waals surface area contributed by atoms with Crippen molar-refractivity contribution in [2.75, 3.05) is 34.0 Å². The van der Waals surface area contributed by atoms with Gasteiger partial charge in [0.25, 0.3) is 0 Å². The molecule has 5 N–H and O–H groups in total. The Labute approximate surface area is 92.6 Å². The maximum Gasteiger partial charge on any atom is 0.514 e. The number of hydrogen-bond donors (Lipinski definition) is 3. The van der Waals surface area contributed by atoms with E-state index in [1.54, 1.807) is 21.3 Å². The van der Waals surface area contributed by atoms with Crippen LogP contribution in [0.5, 0.6) is 0 Å². The van der Waals surface area contributed by atoms with E-state index in [-0.39, 0.29) is 6.17 Å². The molecule has 1 unspecified atom stereocenters. The first-order valence-electron chi connectivity index (χ1n) is 4.98. The second-order valence-corrected chi connectivity index (χ2v) is 6.16. The summed E-state index contributed by atoms with van der Waals surface area (Å²) >= 11 is 0. The molecule has 0 spiro atoms. The van der Waals surface area contributed by atoms with Crippen LogP contribution in [0.25, 0.3) is 0 Å². The van der Waals surface area contributed by atoms with Gasteiger partial charge in [-0.05, 0) is 19.4 Å². The van der Waals surface area contributed by atoms with Gasteiger partial charge in [-0.1, -0.05) is 0 Å². The number of hydrogen-bond acceptors (Lipinski definition) is 6. The lowest BCUT2D eigenvalue weighted by Gasteiger charge is -2.26. The van der Waals surface area contributed by atoms with Crippen molar-refractivity contribution in [1.82, 2.24) is 5.32 Å². The van der Waals surface area contributed by atoms with Crippen LogP contribution in [0.2, 0.25) is 0 Å². The van der Waals surface area contributed by atoms with Crippen LogP contribution in [0.1, 0.15) is 12.8 Å². The standard InChI is InChI=1S/C8H23N3O3Si/c1-12-15(13-2,14-3)7-11-8(10)5-4-6-9/h8,11H,4-7,9-10H2,1-3H3. The van der Waals surface area contributed by atoms with Crippen molar-refractivity contribution >= 4 is 8.80 Å². The van der Waals surface area contributed by atoms with Crippen LogP contribution in [0.15, 0.2) is 0 Å². The summed E-state index contributed by atoms with van der Waals surface area (Å²) in [4.78, 5) is 0. The summed E-state index contributed by atoms with van der Waals surface area (Å²) in [7, 11) is 2.19. The molecule has 0 bridgehead atoms. The minimum atomic E-state index is -2.54. The van der Waals surface area contributed by atoms with Crippen LogP contribution in [-0.4, -0.2) is 49.0 Å². The Balaban J connectivity index is 3.88. The van der Waals surface area contributed by atoms with E-state index < -0.39 is 8.80 Å². The fraction of sp³-hybridized carbons (Fsp3) is 1.00. The van der Waals surface area contributed by atoms with Crippen molar-refractivity contribution in [3.8, 4) is 0 Å². The molecule has 0 fully saturated rings. The quantitative estimate of drug-likeness (QED) is 0.352. The normalized spacial score (nSPS) is 14.2. The molecule has 0 aromatic heterocycles. The maximum absolute atomic E-state index is 5.82. The third-order valence-electron chi connectivity index (χ3n) is 2.23. The van der Waals surface area contributed by atoms with Crippen LogP contribution in [0.3, 0.4) is 0 Å². The van der Waals surface area contributed by atoms with Crippen LogP contribution >= 0.6 is 0 Å². The monoisotopic (exact) mass is 237 g/mol. The minimum Gasteiger partial charge on any atom is -0.376 e. The summed E-state index contributed by atoms with van der Waals surface area (Å²) in [6, 6.07) is 0. The lowest BCUT2D eigenvalue weighted by molar-refractivity contribution is 0.120. The molecule has 0 amide bonds. The molecular formula is C8H23N3O3Si. The SMILES string of the molecule is CO[Si](CNC(N)CCCN)(OC)OC. The van der Waals surface area contributed by atoms with Gasteiger partial charge in [0.05, 0.1) is 12.3 Å². The van der Waals surface area contributed by atoms with Crippen LogP contribution < -0.4 is 16.8 Å². The molecule has 0 aromatic carbocycles. The van der Waals surface area contributed by atoms with Crippen LogP contribution in [0, 0.1) is 0 Å². The van der Waals surface area contributed by atoms with Crippen molar-refractivity contribution in [2.45, 2.75) is 19.0 Å². The average molecular weight is 237 g/mol. The first kappa shape index (κ1) is 15.0. The first-order valence-corrected chi connectivity index (χ1v) is 6.91. The van der Waals surface area contributed by atoms with Crippen LogP contribution in [-0.2, 0) is 13.3 Å². The highest BCUT2D eigenvalue weighted by molar-refractivity contribution is 6.60. The third-order valence-corrected chi connectivity index (χ3v) is 4.74. The van der Waals surface area contributed by atoms with Gasteiger partial charge in [-0.2, -0.15) is 0 Å². The highest BCUT2D eigenvalue weighted by atomic mass is 28.4. The molecule has 6 nitrogen and oxygen atoms in total. The molecule has 0 aliphatic heterocycles. The summed E-state index contributed by atoms with van der Waals surface area (Å²) in [5.74, 6) is 0. The molecule has 0 rings (SSSR count). The minimum absolute atomic E-state index is 0.0964. The van der Waals surface area contributed by atoms with Gasteiger partial charge in [0.1, 0.15) is 0 Å². The van der Waals surface area contributed by atoms with E-state index in [2.05, 4.69) is 5.32 Å². The molecule has 0 aliphatic carbocycles. The van der Waals surface area contributed by atoms with E-state index in [4.69, 9.17) is 24.7 Å². The Morgan fingerprint density at radius 3 is 2.13 bits per heavy atom. The number of rotatable bonds is 9. The summed E-state index contributed by atoms with van der Waals surface area (Å²) in [6.07, 6.45) is 2.14. The molecule has 0 aromatic rings. The van der Waals surface area contributed by atoms with Crippen molar-refractivity contribution < 1.29 is 13.3 Å². The summed E-state index contributed by atoms with van der Waals surface area (Å²) in [5.41, 5.74) is 11.2. The fourth-order valence-electron chi connectivity index (χ4n) is 1.16. The van der Waals surface area contributed by atoms with E-state index in [1.165, 1.54) is 0 Å². The van der Waals surface area contributed by atoms with Crippen molar-refractivity contribution in [2.24, 2.45) is 11.5 Å². The summed E-state index contributed by atoms with van der Waals surface area (Å²) in [6.45, 7) is 0.650. The van der Waals surface area contributed by atoms with Crippen LogP contribution in [0.4, 0.5) is 0 Å². The molecule has 92 valence electrons. The molecular weight excluding hydrogens is 214 g/mol. The van der Waals surface area contributed by atoms with Gasteiger partial charge in [-0.15, -0.1) is 0 Å². The Morgan fingerprint density at radius 2 is 1.73 bits per heavy atom. The summed E-state index contributed by atoms with van der Waals surface area (Å²) in [5, 5.41) is 3.12. The Hall–Kier alpha value is -0.0231. The third kappa shape index (κ3) is 5.57. The average Bonchev–Trinajstić information content (AvgIpc) is 2.29. The van der Waals surface area contributed by atoms with Gasteiger partial charge in [0.2, 0.25) is 0 Å². The lowest BCUT2D eigenvalue weighted by Crippen LogP contribution is -2.55. The Morgan fingerprint density at radius 1 is 1.20 bits per heavy atom. The maximum atomic E-state index is 5.82. The zero-order valence-electron chi connectivity index (χ0n) is 9.79. The fourth-order valence-corrected chi connectivity index (χ4v) is 2.61. The van der Waals surface area contributed by atoms with Gasteiger partial charge in [0, 0.05) is 21.3 Å². The molecule has 15 heavy (non-hydrogen) atoms. The van der Waals surface area contributed by atoms with E-state index >= 15 is 0 Å². The molecule has 0 aliphatic rings. The second-order valence-electron chi connectivity index (χ2n) is 3.21. The molecule has 7 heteroatoms. The second kappa shape index (κ2) is 8.17. The zero-order chi connectivity index (χ0) is 11.7. The predicted octanol–water partition coefficient (Wildman–Crippen LogP) is -0.983. The predicted molar refractivity (Wildman–Crippen MR) is 61.0 cm³/mol. The van der Waals surface area contributed by atoms with Crippen molar-refractivity contribution in [1.29, 1.82) is 0 Å². The first-order chi connectivity index (χ1) is 7.14. The largest absolute Gasteiger partial charge is 0.514 e. The topological polar surface area (TPSA) is 91.8 Å². The van der Waals surface area contributed by atoms with E-state index in [0.717, 1.165) is 12.8 Å². The highest BCUT2D eigenvalue weighted by Gasteiger charge is 2.37. The van der Waals surface area contributed by atoms with E-state index in [9.17, 15) is 0 Å². The lowest BCUT2D eigenvalue weighted by atomic mass is 10.3. The molecule has 0 saturated heterocycles. The number of nitrogens with two attached hydrogens (primary N) is 2. The van der Waals surface area contributed by atoms with Gasteiger partial charge >= 0.3 is 8.80 Å². The van der Waals surface area contributed by atoms with Crippen molar-refractivity contribution in [3.05, 3.63) is 0 Å². The highest BCUT2D eigenvalue weighted by Crippen LogP contribution is 2.04. The van der Waals surface area contributed by atoms with Gasteiger partial charge in [0.15, 0.2) is 0 Å². The Bertz CT molecular complexity index is 150. The van der Waals surface area contributed by atoms with Gasteiger partial charge < -0.3 is 24.7 Å². The van der Waals surface area contributed by atoms with E-state index in [1.807, 2.05) is 0 Å². The molecule has 0 heterocycles. The summed E-state index contributed by atoms with van der Waals surface area (Å²) < 4.78 is 15.7. The molecule has 1 atom stereocenters. The smallest absolute Gasteiger partial charge is 0.376 e. The number of nitrogens with one attached hydrogen (secondary N) is 1. The van der Waals surface area contributed by atoms with Gasteiger partial charge in [-0.3, -0.25) is 5.32 Å². The van der Waals surface area contributed by atoms with Crippen molar-refractivity contribution in [3.63, 3.8) is 0 Å². The zero-order valence-corrected chi connectivity index (χ0v) is 10.8. The van der Waals surface area contributed by atoms with Gasteiger partial charge in [-0.25, -0.2) is 0 Å². The molecule has 0 radical (unpaired) electrons.